The molecule has 2 saturated carbocycles. The predicted octanol–water partition coefficient (Wildman–Crippen LogP) is 2.42. The summed E-state index contributed by atoms with van der Waals surface area (Å²) in [5.41, 5.74) is 7.30. The molecule has 4 saturated heterocycles. The second-order valence-electron chi connectivity index (χ2n) is 13.9. The van der Waals surface area contributed by atoms with Crippen LogP contribution in [0.25, 0.3) is 0 Å². The zero-order valence-electron chi connectivity index (χ0n) is 23.6. The second kappa shape index (κ2) is 11.3. The number of hydrogen-bond acceptors (Lipinski definition) is 7. The van der Waals surface area contributed by atoms with Crippen LogP contribution in [0, 0.1) is 52.3 Å². The summed E-state index contributed by atoms with van der Waals surface area (Å²) in [5.74, 6) is 4.40. The number of ether oxygens (including phenoxy) is 1. The van der Waals surface area contributed by atoms with Crippen LogP contribution in [0.2, 0.25) is 0 Å². The van der Waals surface area contributed by atoms with Crippen molar-refractivity contribution in [1.82, 2.24) is 26.4 Å². The molecule has 0 spiro atoms. The van der Waals surface area contributed by atoms with Gasteiger partial charge in [0.25, 0.3) is 0 Å². The summed E-state index contributed by atoms with van der Waals surface area (Å²) < 4.78 is 5.44. The van der Waals surface area contributed by atoms with E-state index >= 15 is 0 Å². The first-order valence-electron chi connectivity index (χ1n) is 15.7. The van der Waals surface area contributed by atoms with Crippen LogP contribution in [0.15, 0.2) is 0 Å². The van der Waals surface area contributed by atoms with Crippen LogP contribution in [-0.2, 0) is 9.53 Å². The van der Waals surface area contributed by atoms with Crippen molar-refractivity contribution in [3.8, 4) is 6.07 Å². The molecule has 8 nitrogen and oxygen atoms in total. The fourth-order valence-electron chi connectivity index (χ4n) is 9.24. The van der Waals surface area contributed by atoms with Gasteiger partial charge in [-0.05, 0) is 114 Å². The molecule has 8 unspecified atom stereocenters. The second-order valence-corrected chi connectivity index (χ2v) is 13.9. The van der Waals surface area contributed by atoms with Crippen LogP contribution in [-0.4, -0.2) is 74.4 Å². The Bertz CT molecular complexity index is 868. The molecule has 2 aliphatic carbocycles. The molecule has 0 aromatic heterocycles. The number of hydrogen-bond donors (Lipinski definition) is 4. The number of nitrogens with one attached hydrogen (secondary N) is 4. The molecule has 4 aliphatic heterocycles. The van der Waals surface area contributed by atoms with E-state index < -0.39 is 0 Å². The van der Waals surface area contributed by atoms with Crippen molar-refractivity contribution < 1.29 is 9.53 Å². The standard InChI is InChI=1S/C30H50N6O2/c1-30(2,18-31)22-7-3-19(4-8-22)28-27-23-15-20(5-9-24(23)33-17-26(27)34-35-28)21-6-10-25(32-16-21)29(37)36-11-13-38-14-12-36/h19-28,32-35H,3-17H2,1-2H3. The topological polar surface area (TPSA) is 101 Å². The Morgan fingerprint density at radius 3 is 2.32 bits per heavy atom. The van der Waals surface area contributed by atoms with Gasteiger partial charge >= 0.3 is 0 Å². The van der Waals surface area contributed by atoms with Crippen molar-refractivity contribution >= 4 is 5.91 Å². The molecular weight excluding hydrogens is 476 g/mol. The molecule has 8 atom stereocenters. The summed E-state index contributed by atoms with van der Waals surface area (Å²) in [6.45, 7) is 9.15. The molecule has 0 aromatic rings. The van der Waals surface area contributed by atoms with Crippen molar-refractivity contribution in [3.63, 3.8) is 0 Å². The van der Waals surface area contributed by atoms with E-state index in [2.05, 4.69) is 41.4 Å². The van der Waals surface area contributed by atoms with Crippen molar-refractivity contribution in [1.29, 1.82) is 5.26 Å². The van der Waals surface area contributed by atoms with Crippen LogP contribution >= 0.6 is 0 Å². The summed E-state index contributed by atoms with van der Waals surface area (Å²) in [6.07, 6.45) is 11.0. The summed E-state index contributed by atoms with van der Waals surface area (Å²) >= 11 is 0. The van der Waals surface area contributed by atoms with Gasteiger partial charge in [0, 0.05) is 37.8 Å². The van der Waals surface area contributed by atoms with E-state index in [1.54, 1.807) is 0 Å². The van der Waals surface area contributed by atoms with Crippen molar-refractivity contribution in [2.75, 3.05) is 39.4 Å². The van der Waals surface area contributed by atoms with E-state index in [1.165, 1.54) is 51.4 Å². The van der Waals surface area contributed by atoms with Crippen LogP contribution in [0.1, 0.15) is 71.6 Å². The maximum absolute atomic E-state index is 13.0. The Labute approximate surface area is 229 Å². The van der Waals surface area contributed by atoms with Crippen LogP contribution in [0.3, 0.4) is 0 Å². The Hall–Kier alpha value is -1.24. The molecule has 0 aromatic carbocycles. The van der Waals surface area contributed by atoms with E-state index in [0.717, 1.165) is 44.4 Å². The number of carbonyl (C=O) groups excluding carboxylic acids is 1. The van der Waals surface area contributed by atoms with E-state index in [1.807, 2.05) is 4.90 Å². The highest BCUT2D eigenvalue weighted by molar-refractivity contribution is 5.82. The monoisotopic (exact) mass is 526 g/mol. The lowest BCUT2D eigenvalue weighted by Gasteiger charge is -2.50. The highest BCUT2D eigenvalue weighted by atomic mass is 16.5. The van der Waals surface area contributed by atoms with Gasteiger partial charge < -0.3 is 20.3 Å². The minimum Gasteiger partial charge on any atom is -0.378 e. The zero-order valence-corrected chi connectivity index (χ0v) is 23.6. The average molecular weight is 527 g/mol. The van der Waals surface area contributed by atoms with E-state index in [4.69, 9.17) is 4.74 Å². The number of amides is 1. The van der Waals surface area contributed by atoms with Crippen LogP contribution in [0.5, 0.6) is 0 Å². The molecule has 6 aliphatic rings. The van der Waals surface area contributed by atoms with E-state index in [9.17, 15) is 10.1 Å². The van der Waals surface area contributed by atoms with Crippen molar-refractivity contribution in [3.05, 3.63) is 0 Å². The van der Waals surface area contributed by atoms with Gasteiger partial charge in [-0.1, -0.05) is 0 Å². The van der Waals surface area contributed by atoms with Gasteiger partial charge in [-0.15, -0.1) is 0 Å². The fraction of sp³-hybridized carbons (Fsp3) is 0.933. The lowest BCUT2D eigenvalue weighted by atomic mass is 9.60. The Morgan fingerprint density at radius 2 is 1.61 bits per heavy atom. The number of fused-ring (bicyclic) bond motifs is 3. The van der Waals surface area contributed by atoms with E-state index in [0.29, 0.717) is 55.0 Å². The van der Waals surface area contributed by atoms with Gasteiger partial charge in [0.15, 0.2) is 0 Å². The molecule has 0 radical (unpaired) electrons. The minimum atomic E-state index is -0.203. The molecular formula is C30H50N6O2. The molecule has 6 fully saturated rings. The first-order valence-corrected chi connectivity index (χ1v) is 15.7. The summed E-state index contributed by atoms with van der Waals surface area (Å²) in [6, 6.07) is 4.29. The molecule has 38 heavy (non-hydrogen) atoms. The Kier molecular flexibility index (Phi) is 8.04. The number of nitrogens with zero attached hydrogens (tertiary/aromatic N) is 2. The van der Waals surface area contributed by atoms with Gasteiger partial charge in [0.1, 0.15) is 0 Å². The number of morpholine rings is 1. The van der Waals surface area contributed by atoms with Crippen LogP contribution in [0.4, 0.5) is 0 Å². The van der Waals surface area contributed by atoms with Gasteiger partial charge in [-0.2, -0.15) is 5.26 Å². The first kappa shape index (κ1) is 27.0. The summed E-state index contributed by atoms with van der Waals surface area (Å²) in [5, 5.41) is 17.2. The van der Waals surface area contributed by atoms with E-state index in [-0.39, 0.29) is 17.4 Å². The lowest BCUT2D eigenvalue weighted by Crippen LogP contribution is -2.59. The third-order valence-electron chi connectivity index (χ3n) is 11.7. The number of carbonyl (C=O) groups is 1. The number of nitriles is 1. The van der Waals surface area contributed by atoms with Crippen LogP contribution < -0.4 is 21.5 Å². The van der Waals surface area contributed by atoms with Crippen molar-refractivity contribution in [2.24, 2.45) is 40.9 Å². The number of rotatable bonds is 4. The Balaban J connectivity index is 1.06. The molecule has 6 rings (SSSR count). The first-order chi connectivity index (χ1) is 18.4. The lowest BCUT2D eigenvalue weighted by molar-refractivity contribution is -0.138. The maximum atomic E-state index is 13.0. The van der Waals surface area contributed by atoms with Gasteiger partial charge in [-0.25, -0.2) is 0 Å². The molecule has 0 bridgehead atoms. The zero-order chi connectivity index (χ0) is 26.3. The van der Waals surface area contributed by atoms with Crippen molar-refractivity contribution in [2.45, 2.75) is 95.8 Å². The highest BCUT2D eigenvalue weighted by Crippen LogP contribution is 2.48. The third-order valence-corrected chi connectivity index (χ3v) is 11.7. The molecule has 4 heterocycles. The van der Waals surface area contributed by atoms with Gasteiger partial charge in [0.05, 0.1) is 30.7 Å². The molecule has 4 N–H and O–H groups in total. The smallest absolute Gasteiger partial charge is 0.239 e. The third kappa shape index (κ3) is 5.26. The minimum absolute atomic E-state index is 0.00447. The largest absolute Gasteiger partial charge is 0.378 e. The SMILES string of the molecule is CC(C)(C#N)C1CCC(C2NNC3CNC4CCC(C5CCC(C(=O)N6CCOCC6)NC5)CC4C32)CC1. The highest BCUT2D eigenvalue weighted by Gasteiger charge is 2.52. The van der Waals surface area contributed by atoms with Gasteiger partial charge in [-0.3, -0.25) is 15.6 Å². The molecule has 1 amide bonds. The summed E-state index contributed by atoms with van der Waals surface area (Å²) in [7, 11) is 0. The quantitative estimate of drug-likeness (QED) is 0.446. The number of hydrazine groups is 1. The maximum Gasteiger partial charge on any atom is 0.239 e. The predicted molar refractivity (Wildman–Crippen MR) is 147 cm³/mol. The molecule has 8 heteroatoms. The fourth-order valence-corrected chi connectivity index (χ4v) is 9.24. The average Bonchev–Trinajstić information content (AvgIpc) is 3.42. The molecule has 212 valence electrons. The number of piperidine rings is 2. The normalized spacial score (nSPS) is 44.1. The van der Waals surface area contributed by atoms with Gasteiger partial charge in [0.2, 0.25) is 5.91 Å². The Morgan fingerprint density at radius 1 is 0.868 bits per heavy atom. The summed E-state index contributed by atoms with van der Waals surface area (Å²) in [4.78, 5) is 15.0.